The molecule has 3 rings (SSSR count). The van der Waals surface area contributed by atoms with E-state index >= 15 is 0 Å². The summed E-state index contributed by atoms with van der Waals surface area (Å²) in [5, 5.41) is 3.01. The number of thioether (sulfide) groups is 1. The molecule has 4 nitrogen and oxygen atoms in total. The van der Waals surface area contributed by atoms with E-state index in [-0.39, 0.29) is 11.2 Å². The van der Waals surface area contributed by atoms with Crippen LogP contribution in [-0.4, -0.2) is 21.6 Å². The van der Waals surface area contributed by atoms with Crippen LogP contribution in [-0.2, 0) is 4.79 Å². The van der Waals surface area contributed by atoms with Crippen LogP contribution < -0.4 is 5.32 Å². The van der Waals surface area contributed by atoms with E-state index in [0.29, 0.717) is 5.75 Å². The number of aromatic amines is 1. The first-order valence-electron chi connectivity index (χ1n) is 7.23. The summed E-state index contributed by atoms with van der Waals surface area (Å²) in [4.78, 5) is 19.9. The predicted molar refractivity (Wildman–Crippen MR) is 99.7 cm³/mol. The molecule has 1 atom stereocenters. The molecular weight excluding hydrogens is 374 g/mol. The van der Waals surface area contributed by atoms with Gasteiger partial charge in [-0.3, -0.25) is 4.79 Å². The average Bonchev–Trinajstić information content (AvgIpc) is 2.99. The number of carbonyl (C=O) groups excluding carboxylic acids is 1. The molecule has 1 amide bonds. The van der Waals surface area contributed by atoms with Gasteiger partial charge in [-0.25, -0.2) is 4.98 Å². The third kappa shape index (κ3) is 4.14. The van der Waals surface area contributed by atoms with Crippen molar-refractivity contribution in [3.05, 3.63) is 58.8 Å². The summed E-state index contributed by atoms with van der Waals surface area (Å²) in [5.74, 6) is 1.27. The highest BCUT2D eigenvalue weighted by molar-refractivity contribution is 9.10. The molecule has 3 aromatic rings. The second-order valence-corrected chi connectivity index (χ2v) is 7.39. The molecule has 0 radical (unpaired) electrons. The van der Waals surface area contributed by atoms with Crippen molar-refractivity contribution in [3.8, 4) is 0 Å². The maximum Gasteiger partial charge on any atom is 0.234 e. The molecule has 0 aliphatic carbocycles. The number of nitrogens with one attached hydrogen (secondary N) is 2. The lowest BCUT2D eigenvalue weighted by Crippen LogP contribution is -2.14. The van der Waals surface area contributed by atoms with Gasteiger partial charge in [0.2, 0.25) is 5.91 Å². The van der Waals surface area contributed by atoms with E-state index in [2.05, 4.69) is 38.1 Å². The van der Waals surface area contributed by atoms with Crippen LogP contribution in [0.4, 0.5) is 5.69 Å². The van der Waals surface area contributed by atoms with Crippen LogP contribution in [0.1, 0.15) is 18.0 Å². The van der Waals surface area contributed by atoms with E-state index in [0.717, 1.165) is 27.0 Å². The number of H-pyrrole nitrogens is 1. The fourth-order valence-corrected chi connectivity index (χ4v) is 3.18. The summed E-state index contributed by atoms with van der Waals surface area (Å²) in [6, 6.07) is 15.5. The van der Waals surface area contributed by atoms with Gasteiger partial charge in [0.25, 0.3) is 0 Å². The van der Waals surface area contributed by atoms with Crippen molar-refractivity contribution in [1.29, 1.82) is 0 Å². The highest BCUT2D eigenvalue weighted by Crippen LogP contribution is 2.27. The van der Waals surface area contributed by atoms with Crippen LogP contribution in [0.3, 0.4) is 0 Å². The third-order valence-electron chi connectivity index (χ3n) is 3.39. The minimum absolute atomic E-state index is 0.0136. The average molecular weight is 390 g/mol. The highest BCUT2D eigenvalue weighted by atomic mass is 79.9. The Hall–Kier alpha value is -1.79. The van der Waals surface area contributed by atoms with Crippen molar-refractivity contribution < 1.29 is 4.79 Å². The Morgan fingerprint density at radius 2 is 2.00 bits per heavy atom. The topological polar surface area (TPSA) is 57.8 Å². The molecule has 0 aliphatic heterocycles. The van der Waals surface area contributed by atoms with Gasteiger partial charge in [0.05, 0.1) is 22.0 Å². The van der Waals surface area contributed by atoms with Gasteiger partial charge in [0.1, 0.15) is 5.82 Å². The summed E-state index contributed by atoms with van der Waals surface area (Å²) < 4.78 is 0.989. The number of rotatable bonds is 5. The minimum atomic E-state index is -0.0136. The number of anilines is 1. The monoisotopic (exact) mass is 389 g/mol. The molecule has 0 spiro atoms. The number of imidazole rings is 1. The summed E-state index contributed by atoms with van der Waals surface area (Å²) in [6.45, 7) is 2.05. The first-order valence-corrected chi connectivity index (χ1v) is 9.07. The van der Waals surface area contributed by atoms with Gasteiger partial charge < -0.3 is 10.3 Å². The van der Waals surface area contributed by atoms with Gasteiger partial charge >= 0.3 is 0 Å². The zero-order valence-corrected chi connectivity index (χ0v) is 14.9. The normalized spacial score (nSPS) is 12.3. The number of carbonyl (C=O) groups is 1. The van der Waals surface area contributed by atoms with Crippen molar-refractivity contribution in [1.82, 2.24) is 9.97 Å². The number of fused-ring (bicyclic) bond motifs is 1. The van der Waals surface area contributed by atoms with Crippen molar-refractivity contribution in [2.75, 3.05) is 11.1 Å². The summed E-state index contributed by atoms with van der Waals surface area (Å²) in [6.07, 6.45) is 0. The van der Waals surface area contributed by atoms with Gasteiger partial charge in [0, 0.05) is 10.2 Å². The third-order valence-corrected chi connectivity index (χ3v) is 5.07. The number of hydrogen-bond acceptors (Lipinski definition) is 3. The lowest BCUT2D eigenvalue weighted by Gasteiger charge is -2.09. The molecule has 0 aliphatic rings. The van der Waals surface area contributed by atoms with Gasteiger partial charge in [0.15, 0.2) is 0 Å². The molecule has 0 unspecified atom stereocenters. The molecule has 2 aromatic carbocycles. The molecule has 6 heteroatoms. The molecule has 2 N–H and O–H groups in total. The Morgan fingerprint density at radius 1 is 1.26 bits per heavy atom. The lowest BCUT2D eigenvalue weighted by molar-refractivity contribution is -0.113. The van der Waals surface area contributed by atoms with E-state index in [9.17, 15) is 4.79 Å². The second-order valence-electron chi connectivity index (χ2n) is 5.15. The number of nitrogens with zero attached hydrogens (tertiary/aromatic N) is 1. The number of halogens is 1. The number of hydrogen-bond donors (Lipinski definition) is 2. The Morgan fingerprint density at radius 3 is 2.74 bits per heavy atom. The van der Waals surface area contributed by atoms with Crippen molar-refractivity contribution in [2.45, 2.75) is 12.2 Å². The number of amides is 1. The summed E-state index contributed by atoms with van der Waals surface area (Å²) in [7, 11) is 0. The summed E-state index contributed by atoms with van der Waals surface area (Å²) in [5.41, 5.74) is 2.78. The van der Waals surface area contributed by atoms with Crippen LogP contribution in [0.15, 0.2) is 53.0 Å². The van der Waals surface area contributed by atoms with Crippen LogP contribution in [0.5, 0.6) is 0 Å². The standard InChI is InChI=1S/C17H16BrN3OS/c1-11(17-20-14-4-2-3-5-15(14)21-17)23-10-16(22)19-13-8-6-12(18)7-9-13/h2-9,11H,10H2,1H3,(H,19,22)(H,20,21)/t11-/m1/s1. The Bertz CT molecular complexity index is 783. The van der Waals surface area contributed by atoms with Gasteiger partial charge in [-0.15, -0.1) is 11.8 Å². The largest absolute Gasteiger partial charge is 0.341 e. The molecule has 0 fully saturated rings. The van der Waals surface area contributed by atoms with Crippen LogP contribution in [0, 0.1) is 0 Å². The SMILES string of the molecule is C[C@@H](SCC(=O)Nc1ccc(Br)cc1)c1nc2ccccc2[nH]1. The van der Waals surface area contributed by atoms with Gasteiger partial charge in [-0.2, -0.15) is 0 Å². The van der Waals surface area contributed by atoms with E-state index < -0.39 is 0 Å². The number of para-hydroxylation sites is 2. The quantitative estimate of drug-likeness (QED) is 0.661. The Balaban J connectivity index is 1.56. The maximum absolute atomic E-state index is 12.0. The first kappa shape index (κ1) is 16.1. The van der Waals surface area contributed by atoms with Crippen molar-refractivity contribution in [3.63, 3.8) is 0 Å². The smallest absolute Gasteiger partial charge is 0.234 e. The van der Waals surface area contributed by atoms with E-state index in [1.807, 2.05) is 48.5 Å². The molecule has 23 heavy (non-hydrogen) atoms. The fraction of sp³-hybridized carbons (Fsp3) is 0.176. The van der Waals surface area contributed by atoms with E-state index in [1.165, 1.54) is 0 Å². The van der Waals surface area contributed by atoms with Gasteiger partial charge in [-0.1, -0.05) is 28.1 Å². The van der Waals surface area contributed by atoms with Crippen LogP contribution in [0.25, 0.3) is 11.0 Å². The highest BCUT2D eigenvalue weighted by Gasteiger charge is 2.13. The minimum Gasteiger partial charge on any atom is -0.341 e. The summed E-state index contributed by atoms with van der Waals surface area (Å²) >= 11 is 4.93. The zero-order valence-electron chi connectivity index (χ0n) is 12.5. The van der Waals surface area contributed by atoms with Crippen molar-refractivity contribution >= 4 is 50.3 Å². The predicted octanol–water partition coefficient (Wildman–Crippen LogP) is 4.76. The first-order chi connectivity index (χ1) is 11.1. The Kier molecular flexibility index (Phi) is 5.03. The number of aromatic nitrogens is 2. The molecule has 1 heterocycles. The molecular formula is C17H16BrN3OS. The maximum atomic E-state index is 12.0. The van der Waals surface area contributed by atoms with Crippen LogP contribution >= 0.6 is 27.7 Å². The van der Waals surface area contributed by atoms with E-state index in [4.69, 9.17) is 0 Å². The number of benzene rings is 2. The lowest BCUT2D eigenvalue weighted by atomic mass is 10.3. The zero-order chi connectivity index (χ0) is 16.2. The van der Waals surface area contributed by atoms with Crippen molar-refractivity contribution in [2.24, 2.45) is 0 Å². The fourth-order valence-electron chi connectivity index (χ4n) is 2.17. The molecule has 0 bridgehead atoms. The molecule has 1 aromatic heterocycles. The molecule has 118 valence electrons. The van der Waals surface area contributed by atoms with E-state index in [1.54, 1.807) is 11.8 Å². The molecule has 0 saturated carbocycles. The Labute approximate surface area is 147 Å². The molecule has 0 saturated heterocycles. The van der Waals surface area contributed by atoms with Crippen LogP contribution in [0.2, 0.25) is 0 Å². The van der Waals surface area contributed by atoms with Gasteiger partial charge in [-0.05, 0) is 43.3 Å². The second kappa shape index (κ2) is 7.19.